The van der Waals surface area contributed by atoms with E-state index in [1.807, 2.05) is 64.6 Å². The lowest BCUT2D eigenvalue weighted by molar-refractivity contribution is 0.00359. The maximum absolute atomic E-state index is 13.0. The molecule has 0 saturated carbocycles. The Morgan fingerprint density at radius 1 is 1.16 bits per heavy atom. The summed E-state index contributed by atoms with van der Waals surface area (Å²) in [5.74, 6) is 0.0391. The largest absolute Gasteiger partial charge is 0.494 e. The second-order valence-electron chi connectivity index (χ2n) is 8.14. The molecule has 2 fully saturated rings. The summed E-state index contributed by atoms with van der Waals surface area (Å²) in [6, 6.07) is 5.95. The number of nitrogens with zero attached hydrogens (tertiary/aromatic N) is 1. The number of amides is 1. The summed E-state index contributed by atoms with van der Waals surface area (Å²) in [4.78, 5) is 14.9. The average molecular weight is 345 g/mol. The smallest absolute Gasteiger partial charge is 0.399 e. The Bertz CT molecular complexity index is 657. The molecule has 6 heteroatoms. The van der Waals surface area contributed by atoms with Crippen LogP contribution < -0.4 is 5.46 Å². The first-order chi connectivity index (χ1) is 11.6. The summed E-state index contributed by atoms with van der Waals surface area (Å²) in [5.41, 5.74) is 1.80. The molecule has 0 N–H and O–H groups in total. The molecule has 0 aliphatic carbocycles. The second-order valence-corrected chi connectivity index (χ2v) is 8.14. The van der Waals surface area contributed by atoms with E-state index >= 15 is 0 Å². The van der Waals surface area contributed by atoms with Crippen molar-refractivity contribution in [3.63, 3.8) is 0 Å². The molecule has 1 aromatic carbocycles. The Balaban J connectivity index is 1.88. The highest BCUT2D eigenvalue weighted by Crippen LogP contribution is 2.36. The summed E-state index contributed by atoms with van der Waals surface area (Å²) in [6.07, 6.45) is 0. The van der Waals surface area contributed by atoms with Crippen LogP contribution in [0, 0.1) is 6.92 Å². The quantitative estimate of drug-likeness (QED) is 0.771. The minimum atomic E-state index is -0.460. The Morgan fingerprint density at radius 2 is 1.80 bits per heavy atom. The molecule has 2 heterocycles. The molecule has 0 bridgehead atoms. The summed E-state index contributed by atoms with van der Waals surface area (Å²) in [7, 11) is -0.460. The van der Waals surface area contributed by atoms with Gasteiger partial charge in [0.05, 0.1) is 30.5 Å². The Labute approximate surface area is 150 Å². The van der Waals surface area contributed by atoms with Gasteiger partial charge in [0.2, 0.25) is 0 Å². The zero-order valence-corrected chi connectivity index (χ0v) is 16.1. The molecule has 2 aliphatic rings. The number of carbonyl (C=O) groups excluding carboxylic acids is 1. The molecule has 0 radical (unpaired) electrons. The van der Waals surface area contributed by atoms with Crippen molar-refractivity contribution < 1.29 is 18.8 Å². The Kier molecular flexibility index (Phi) is 4.73. The van der Waals surface area contributed by atoms with Gasteiger partial charge in [0.15, 0.2) is 0 Å². The van der Waals surface area contributed by atoms with E-state index in [4.69, 9.17) is 14.0 Å². The second kappa shape index (κ2) is 6.42. The topological polar surface area (TPSA) is 48.0 Å². The molecule has 1 atom stereocenters. The van der Waals surface area contributed by atoms with E-state index in [0.717, 1.165) is 11.0 Å². The third-order valence-electron chi connectivity index (χ3n) is 5.50. The predicted octanol–water partition coefficient (Wildman–Crippen LogP) is 2.16. The van der Waals surface area contributed by atoms with E-state index in [0.29, 0.717) is 25.3 Å². The van der Waals surface area contributed by atoms with E-state index in [1.165, 1.54) is 0 Å². The standard InChI is InChI=1S/C19H28BNO4/c1-13-9-15(17(22)21-7-8-23-12-14(21)2)11-16(10-13)20-24-18(3,4)19(5,6)25-20/h9-11,14H,7-8,12H2,1-6H3. The molecule has 0 aromatic heterocycles. The van der Waals surface area contributed by atoms with E-state index in [1.54, 1.807) is 0 Å². The zero-order chi connectivity index (χ0) is 18.4. The van der Waals surface area contributed by atoms with Gasteiger partial charge >= 0.3 is 7.12 Å². The molecule has 25 heavy (non-hydrogen) atoms. The Hall–Kier alpha value is -1.37. The minimum Gasteiger partial charge on any atom is -0.399 e. The fraction of sp³-hybridized carbons (Fsp3) is 0.632. The lowest BCUT2D eigenvalue weighted by atomic mass is 9.77. The third kappa shape index (κ3) is 3.48. The fourth-order valence-corrected chi connectivity index (χ4v) is 3.25. The highest BCUT2D eigenvalue weighted by molar-refractivity contribution is 6.62. The molecule has 3 rings (SSSR count). The van der Waals surface area contributed by atoms with Crippen LogP contribution in [-0.2, 0) is 14.0 Å². The van der Waals surface area contributed by atoms with Crippen LogP contribution >= 0.6 is 0 Å². The van der Waals surface area contributed by atoms with Gasteiger partial charge in [0.25, 0.3) is 5.91 Å². The van der Waals surface area contributed by atoms with Crippen molar-refractivity contribution in [1.29, 1.82) is 0 Å². The van der Waals surface area contributed by atoms with Crippen molar-refractivity contribution in [3.8, 4) is 0 Å². The average Bonchev–Trinajstić information content (AvgIpc) is 2.75. The zero-order valence-electron chi connectivity index (χ0n) is 16.1. The van der Waals surface area contributed by atoms with Crippen LogP contribution in [0.3, 0.4) is 0 Å². The summed E-state index contributed by atoms with van der Waals surface area (Å²) in [6.45, 7) is 13.9. The van der Waals surface area contributed by atoms with Crippen LogP contribution in [0.15, 0.2) is 18.2 Å². The Morgan fingerprint density at radius 3 is 2.40 bits per heavy atom. The van der Waals surface area contributed by atoms with Gasteiger partial charge in [-0.2, -0.15) is 0 Å². The first-order valence-corrected chi connectivity index (χ1v) is 8.97. The SMILES string of the molecule is Cc1cc(B2OC(C)(C)C(C)(C)O2)cc(C(=O)N2CCOCC2C)c1. The minimum absolute atomic E-state index is 0.0391. The van der Waals surface area contributed by atoms with Crippen LogP contribution in [0.1, 0.15) is 50.5 Å². The summed E-state index contributed by atoms with van der Waals surface area (Å²) < 4.78 is 17.7. The first-order valence-electron chi connectivity index (χ1n) is 8.97. The molecule has 5 nitrogen and oxygen atoms in total. The predicted molar refractivity (Wildman–Crippen MR) is 98.2 cm³/mol. The molecular weight excluding hydrogens is 317 g/mol. The molecule has 136 valence electrons. The molecule has 2 saturated heterocycles. The number of hydrogen-bond acceptors (Lipinski definition) is 4. The number of carbonyl (C=O) groups is 1. The van der Waals surface area contributed by atoms with E-state index < -0.39 is 18.3 Å². The van der Waals surface area contributed by atoms with Gasteiger partial charge in [-0.15, -0.1) is 0 Å². The van der Waals surface area contributed by atoms with Crippen molar-refractivity contribution in [1.82, 2.24) is 4.90 Å². The monoisotopic (exact) mass is 345 g/mol. The number of morpholine rings is 1. The lowest BCUT2D eigenvalue weighted by Crippen LogP contribution is -2.47. The van der Waals surface area contributed by atoms with Crippen LogP contribution in [0.5, 0.6) is 0 Å². The van der Waals surface area contributed by atoms with Crippen LogP contribution in [-0.4, -0.2) is 54.9 Å². The van der Waals surface area contributed by atoms with Gasteiger partial charge in [-0.3, -0.25) is 4.79 Å². The highest BCUT2D eigenvalue weighted by atomic mass is 16.7. The van der Waals surface area contributed by atoms with E-state index in [9.17, 15) is 4.79 Å². The number of ether oxygens (including phenoxy) is 1. The number of hydrogen-bond donors (Lipinski definition) is 0. The van der Waals surface area contributed by atoms with Crippen LogP contribution in [0.4, 0.5) is 0 Å². The maximum atomic E-state index is 13.0. The van der Waals surface area contributed by atoms with Gasteiger partial charge in [-0.25, -0.2) is 0 Å². The fourth-order valence-electron chi connectivity index (χ4n) is 3.25. The third-order valence-corrected chi connectivity index (χ3v) is 5.50. The van der Waals surface area contributed by atoms with Crippen LogP contribution in [0.25, 0.3) is 0 Å². The molecule has 2 aliphatic heterocycles. The number of aryl methyl sites for hydroxylation is 1. The maximum Gasteiger partial charge on any atom is 0.494 e. The molecule has 1 aromatic rings. The summed E-state index contributed by atoms with van der Waals surface area (Å²) >= 11 is 0. The van der Waals surface area contributed by atoms with Crippen molar-refractivity contribution >= 4 is 18.5 Å². The first kappa shape index (κ1) is 18.4. The van der Waals surface area contributed by atoms with Crippen molar-refractivity contribution in [3.05, 3.63) is 29.3 Å². The van der Waals surface area contributed by atoms with Gasteiger partial charge in [0.1, 0.15) is 0 Å². The van der Waals surface area contributed by atoms with Crippen molar-refractivity contribution in [2.45, 2.75) is 58.8 Å². The van der Waals surface area contributed by atoms with E-state index in [-0.39, 0.29) is 11.9 Å². The lowest BCUT2D eigenvalue weighted by Gasteiger charge is -2.33. The summed E-state index contributed by atoms with van der Waals surface area (Å²) in [5, 5.41) is 0. The molecule has 0 spiro atoms. The number of benzene rings is 1. The van der Waals surface area contributed by atoms with Gasteiger partial charge < -0.3 is 18.9 Å². The van der Waals surface area contributed by atoms with Gasteiger partial charge in [-0.05, 0) is 59.1 Å². The van der Waals surface area contributed by atoms with Crippen molar-refractivity contribution in [2.24, 2.45) is 0 Å². The molecule has 1 unspecified atom stereocenters. The van der Waals surface area contributed by atoms with Crippen LogP contribution in [0.2, 0.25) is 0 Å². The van der Waals surface area contributed by atoms with Crippen molar-refractivity contribution in [2.75, 3.05) is 19.8 Å². The highest BCUT2D eigenvalue weighted by Gasteiger charge is 2.51. The normalized spacial score (nSPS) is 25.3. The van der Waals surface area contributed by atoms with E-state index in [2.05, 4.69) is 0 Å². The molecule has 1 amide bonds. The number of rotatable bonds is 2. The van der Waals surface area contributed by atoms with Gasteiger partial charge in [0, 0.05) is 12.1 Å². The van der Waals surface area contributed by atoms with Gasteiger partial charge in [-0.1, -0.05) is 11.6 Å². The molecular formula is C19H28BNO4.